The SMILES string of the molecule is C=CC(=O)NC1CCC(Nc2nc(Nc3cnn(C4CCC4)c3)nc3ccsc23)CC1. The second-order valence-electron chi connectivity index (χ2n) is 8.36. The van der Waals surface area contributed by atoms with Gasteiger partial charge in [0.05, 0.1) is 28.1 Å². The molecule has 0 atom stereocenters. The first-order chi connectivity index (χ1) is 15.2. The maximum Gasteiger partial charge on any atom is 0.243 e. The predicted molar refractivity (Wildman–Crippen MR) is 124 cm³/mol. The van der Waals surface area contributed by atoms with Crippen LogP contribution in [0.2, 0.25) is 0 Å². The molecule has 0 aromatic carbocycles. The van der Waals surface area contributed by atoms with Crippen LogP contribution in [0.15, 0.2) is 36.5 Å². The molecule has 3 aromatic rings. The zero-order valence-corrected chi connectivity index (χ0v) is 18.2. The minimum Gasteiger partial charge on any atom is -0.366 e. The quantitative estimate of drug-likeness (QED) is 0.475. The lowest BCUT2D eigenvalue weighted by atomic mass is 9.91. The number of amides is 1. The normalized spacial score (nSPS) is 21.4. The van der Waals surface area contributed by atoms with Gasteiger partial charge in [0.25, 0.3) is 0 Å². The molecule has 0 radical (unpaired) electrons. The lowest BCUT2D eigenvalue weighted by Gasteiger charge is -2.29. The lowest BCUT2D eigenvalue weighted by Crippen LogP contribution is -2.39. The molecule has 3 heterocycles. The van der Waals surface area contributed by atoms with Crippen LogP contribution >= 0.6 is 11.3 Å². The van der Waals surface area contributed by atoms with Crippen LogP contribution in [0.4, 0.5) is 17.5 Å². The smallest absolute Gasteiger partial charge is 0.243 e. The fourth-order valence-electron chi connectivity index (χ4n) is 4.24. The molecule has 2 aliphatic carbocycles. The molecule has 1 amide bonds. The van der Waals surface area contributed by atoms with Crippen LogP contribution in [-0.4, -0.2) is 37.7 Å². The molecule has 3 aromatic heterocycles. The monoisotopic (exact) mass is 437 g/mol. The van der Waals surface area contributed by atoms with E-state index in [-0.39, 0.29) is 11.9 Å². The molecule has 0 spiro atoms. The van der Waals surface area contributed by atoms with Crippen LogP contribution in [0.25, 0.3) is 10.2 Å². The Balaban J connectivity index is 1.28. The number of carbonyl (C=O) groups is 1. The van der Waals surface area contributed by atoms with Gasteiger partial charge in [0.15, 0.2) is 0 Å². The number of hydrogen-bond acceptors (Lipinski definition) is 7. The van der Waals surface area contributed by atoms with E-state index in [1.165, 1.54) is 25.3 Å². The predicted octanol–water partition coefficient (Wildman–Crippen LogP) is 4.38. The van der Waals surface area contributed by atoms with Gasteiger partial charge in [-0.3, -0.25) is 9.48 Å². The van der Waals surface area contributed by atoms with Crippen molar-refractivity contribution in [3.63, 3.8) is 0 Å². The molecule has 162 valence electrons. The van der Waals surface area contributed by atoms with Crippen molar-refractivity contribution in [2.45, 2.75) is 63.1 Å². The highest BCUT2D eigenvalue weighted by Crippen LogP contribution is 2.33. The van der Waals surface area contributed by atoms with E-state index in [1.807, 2.05) is 28.5 Å². The summed E-state index contributed by atoms with van der Waals surface area (Å²) in [7, 11) is 0. The summed E-state index contributed by atoms with van der Waals surface area (Å²) < 4.78 is 3.11. The summed E-state index contributed by atoms with van der Waals surface area (Å²) in [5.41, 5.74) is 1.84. The maximum absolute atomic E-state index is 11.5. The van der Waals surface area contributed by atoms with E-state index in [0.29, 0.717) is 18.0 Å². The Morgan fingerprint density at radius 3 is 2.71 bits per heavy atom. The Hall–Kier alpha value is -2.94. The van der Waals surface area contributed by atoms with Gasteiger partial charge in [-0.2, -0.15) is 10.1 Å². The fraction of sp³-hybridized carbons (Fsp3) is 0.455. The maximum atomic E-state index is 11.5. The molecule has 3 N–H and O–H groups in total. The van der Waals surface area contributed by atoms with Crippen molar-refractivity contribution < 1.29 is 4.79 Å². The summed E-state index contributed by atoms with van der Waals surface area (Å²) in [5, 5.41) is 16.5. The number of fused-ring (bicyclic) bond motifs is 1. The third-order valence-corrected chi connectivity index (χ3v) is 7.12. The van der Waals surface area contributed by atoms with Crippen molar-refractivity contribution in [1.82, 2.24) is 25.1 Å². The summed E-state index contributed by atoms with van der Waals surface area (Å²) >= 11 is 1.65. The lowest BCUT2D eigenvalue weighted by molar-refractivity contribution is -0.117. The Morgan fingerprint density at radius 2 is 1.97 bits per heavy atom. The Labute approximate surface area is 185 Å². The van der Waals surface area contributed by atoms with Crippen molar-refractivity contribution in [3.05, 3.63) is 36.5 Å². The van der Waals surface area contributed by atoms with Crippen LogP contribution in [0.3, 0.4) is 0 Å². The van der Waals surface area contributed by atoms with Crippen molar-refractivity contribution in [3.8, 4) is 0 Å². The van der Waals surface area contributed by atoms with E-state index in [2.05, 4.69) is 32.6 Å². The van der Waals surface area contributed by atoms with Crippen molar-refractivity contribution in [2.24, 2.45) is 0 Å². The van der Waals surface area contributed by atoms with E-state index < -0.39 is 0 Å². The average molecular weight is 438 g/mol. The molecule has 0 aliphatic heterocycles. The van der Waals surface area contributed by atoms with E-state index in [1.54, 1.807) is 11.3 Å². The Bertz CT molecular complexity index is 1080. The summed E-state index contributed by atoms with van der Waals surface area (Å²) in [6.07, 6.45) is 12.8. The average Bonchev–Trinajstić information content (AvgIpc) is 3.38. The highest BCUT2D eigenvalue weighted by molar-refractivity contribution is 7.17. The van der Waals surface area contributed by atoms with Crippen LogP contribution in [-0.2, 0) is 4.79 Å². The number of thiophene rings is 1. The molecule has 8 nitrogen and oxygen atoms in total. The van der Waals surface area contributed by atoms with Gasteiger partial charge < -0.3 is 16.0 Å². The minimum atomic E-state index is -0.0937. The van der Waals surface area contributed by atoms with Crippen LogP contribution in [0, 0.1) is 0 Å². The van der Waals surface area contributed by atoms with Crippen molar-refractivity contribution in [1.29, 1.82) is 0 Å². The van der Waals surface area contributed by atoms with E-state index in [9.17, 15) is 4.79 Å². The van der Waals surface area contributed by atoms with Gasteiger partial charge >= 0.3 is 0 Å². The molecule has 9 heteroatoms. The second-order valence-corrected chi connectivity index (χ2v) is 9.27. The number of nitrogens with zero attached hydrogens (tertiary/aromatic N) is 4. The zero-order valence-electron chi connectivity index (χ0n) is 17.4. The van der Waals surface area contributed by atoms with Gasteiger partial charge in [0.1, 0.15) is 5.82 Å². The summed E-state index contributed by atoms with van der Waals surface area (Å²) in [4.78, 5) is 21.0. The molecule has 0 bridgehead atoms. The Kier molecular flexibility index (Phi) is 5.59. The molecule has 0 saturated heterocycles. The van der Waals surface area contributed by atoms with Gasteiger partial charge in [0.2, 0.25) is 11.9 Å². The molecular formula is C22H27N7OS. The van der Waals surface area contributed by atoms with Gasteiger partial charge in [0, 0.05) is 18.3 Å². The van der Waals surface area contributed by atoms with Crippen molar-refractivity contribution in [2.75, 3.05) is 10.6 Å². The minimum absolute atomic E-state index is 0.0937. The zero-order chi connectivity index (χ0) is 21.2. The summed E-state index contributed by atoms with van der Waals surface area (Å²) in [5.74, 6) is 1.35. The molecule has 2 aliphatic rings. The van der Waals surface area contributed by atoms with Gasteiger partial charge in [-0.25, -0.2) is 4.98 Å². The van der Waals surface area contributed by atoms with Gasteiger partial charge in [-0.15, -0.1) is 11.3 Å². The third kappa shape index (κ3) is 4.41. The highest BCUT2D eigenvalue weighted by atomic mass is 32.1. The third-order valence-electron chi connectivity index (χ3n) is 6.21. The second kappa shape index (κ2) is 8.66. The van der Waals surface area contributed by atoms with E-state index >= 15 is 0 Å². The number of anilines is 3. The first-order valence-corrected chi connectivity index (χ1v) is 11.8. The number of carbonyl (C=O) groups excluding carboxylic acids is 1. The standard InChI is InChI=1S/C22H27N7OS/c1-2-19(30)24-14-6-8-15(9-7-14)25-21-20-18(10-11-31-20)27-22(28-21)26-16-12-23-29(13-16)17-4-3-5-17/h2,10-15,17H,1,3-9H2,(H,24,30)(H2,25,26,27,28). The van der Waals surface area contributed by atoms with Gasteiger partial charge in [-0.1, -0.05) is 6.58 Å². The summed E-state index contributed by atoms with van der Waals surface area (Å²) in [6, 6.07) is 3.10. The van der Waals surface area contributed by atoms with Gasteiger partial charge in [-0.05, 0) is 62.5 Å². The number of nitrogens with one attached hydrogen (secondary N) is 3. The molecule has 2 fully saturated rings. The number of rotatable bonds is 7. The summed E-state index contributed by atoms with van der Waals surface area (Å²) in [6.45, 7) is 3.53. The van der Waals surface area contributed by atoms with Crippen LogP contribution in [0.5, 0.6) is 0 Å². The number of hydrogen-bond donors (Lipinski definition) is 3. The molecular weight excluding hydrogens is 410 g/mol. The van der Waals surface area contributed by atoms with E-state index in [4.69, 9.17) is 4.98 Å². The number of aromatic nitrogens is 4. The topological polar surface area (TPSA) is 96.8 Å². The fourth-order valence-corrected chi connectivity index (χ4v) is 5.02. The van der Waals surface area contributed by atoms with Crippen LogP contribution in [0.1, 0.15) is 51.0 Å². The first-order valence-electron chi connectivity index (χ1n) is 10.9. The molecule has 31 heavy (non-hydrogen) atoms. The highest BCUT2D eigenvalue weighted by Gasteiger charge is 2.23. The van der Waals surface area contributed by atoms with Crippen molar-refractivity contribution >= 4 is 44.9 Å². The molecule has 0 unspecified atom stereocenters. The molecule has 5 rings (SSSR count). The Morgan fingerprint density at radius 1 is 1.16 bits per heavy atom. The van der Waals surface area contributed by atoms with E-state index in [0.717, 1.165) is 47.4 Å². The first kappa shape index (κ1) is 20.0. The largest absolute Gasteiger partial charge is 0.366 e. The van der Waals surface area contributed by atoms with Crippen LogP contribution < -0.4 is 16.0 Å². The molecule has 2 saturated carbocycles.